The van der Waals surface area contributed by atoms with E-state index in [-0.39, 0.29) is 11.4 Å². The van der Waals surface area contributed by atoms with Crippen LogP contribution >= 0.6 is 0 Å². The first-order chi connectivity index (χ1) is 10.9. The Hall–Kier alpha value is -2.27. The van der Waals surface area contributed by atoms with E-state index in [0.717, 1.165) is 0 Å². The van der Waals surface area contributed by atoms with E-state index in [0.29, 0.717) is 24.1 Å². The first-order valence-electron chi connectivity index (χ1n) is 7.37. The number of halogens is 2. The van der Waals surface area contributed by atoms with E-state index in [1.807, 2.05) is 0 Å². The van der Waals surface area contributed by atoms with Gasteiger partial charge in [0.2, 0.25) is 0 Å². The van der Waals surface area contributed by atoms with E-state index in [9.17, 15) is 18.7 Å². The number of hydrogen-bond donors (Lipinski definition) is 1. The molecule has 0 aliphatic heterocycles. The van der Waals surface area contributed by atoms with E-state index in [4.69, 9.17) is 0 Å². The maximum atomic E-state index is 14.3. The molecule has 0 fully saturated rings. The number of aliphatic hydroxyl groups excluding tert-OH is 1. The average molecular weight is 319 g/mol. The molecule has 1 unspecified atom stereocenters. The van der Waals surface area contributed by atoms with Crippen LogP contribution in [-0.2, 0) is 0 Å². The van der Waals surface area contributed by atoms with Gasteiger partial charge in [-0.2, -0.15) is 0 Å². The summed E-state index contributed by atoms with van der Waals surface area (Å²) in [6.07, 6.45) is -0.0895. The fourth-order valence-electron chi connectivity index (χ4n) is 2.20. The Bertz CT molecular complexity index is 684. The molecule has 122 valence electrons. The number of nitrogens with zero attached hydrogens (tertiary/aromatic N) is 1. The summed E-state index contributed by atoms with van der Waals surface area (Å²) in [5.74, 6) is -1.42. The highest BCUT2D eigenvalue weighted by Crippen LogP contribution is 2.23. The highest BCUT2D eigenvalue weighted by molar-refractivity contribution is 5.94. The van der Waals surface area contributed by atoms with E-state index in [1.54, 1.807) is 32.2 Å². The van der Waals surface area contributed by atoms with Gasteiger partial charge in [0.25, 0.3) is 5.91 Å². The van der Waals surface area contributed by atoms with Gasteiger partial charge in [0.15, 0.2) is 0 Å². The van der Waals surface area contributed by atoms with Crippen molar-refractivity contribution >= 4 is 5.91 Å². The molecule has 0 saturated heterocycles. The molecule has 5 heteroatoms. The van der Waals surface area contributed by atoms with Gasteiger partial charge < -0.3 is 10.0 Å². The number of benzene rings is 2. The summed E-state index contributed by atoms with van der Waals surface area (Å²) < 4.78 is 27.2. The molecule has 1 N–H and O–H groups in total. The van der Waals surface area contributed by atoms with Gasteiger partial charge in [-0.25, -0.2) is 8.78 Å². The van der Waals surface area contributed by atoms with Gasteiger partial charge in [-0.3, -0.25) is 4.79 Å². The predicted molar refractivity (Wildman–Crippen MR) is 85.1 cm³/mol. The lowest BCUT2D eigenvalue weighted by Crippen LogP contribution is -2.30. The fraction of sp³-hybridized carbons (Fsp3) is 0.278. The molecule has 0 bridgehead atoms. The molecule has 1 amide bonds. The molecule has 1 atom stereocenters. The van der Waals surface area contributed by atoms with Crippen LogP contribution in [0, 0.1) is 11.6 Å². The molecule has 0 aliphatic carbocycles. The summed E-state index contributed by atoms with van der Waals surface area (Å²) in [7, 11) is 1.57. The van der Waals surface area contributed by atoms with Crippen molar-refractivity contribution in [2.45, 2.75) is 19.4 Å². The fourth-order valence-corrected chi connectivity index (χ4v) is 2.20. The van der Waals surface area contributed by atoms with Crippen LogP contribution in [0.25, 0.3) is 11.1 Å². The number of carbonyl (C=O) groups is 1. The average Bonchev–Trinajstić information content (AvgIpc) is 2.52. The molecule has 0 aromatic heterocycles. The Labute approximate surface area is 134 Å². The minimum Gasteiger partial charge on any atom is -0.393 e. The highest BCUT2D eigenvalue weighted by atomic mass is 19.1. The van der Waals surface area contributed by atoms with Crippen LogP contribution in [-0.4, -0.2) is 35.6 Å². The molecule has 0 radical (unpaired) electrons. The summed E-state index contributed by atoms with van der Waals surface area (Å²) in [6, 6.07) is 10.0. The Kier molecular flexibility index (Phi) is 5.45. The third-order valence-corrected chi connectivity index (χ3v) is 3.61. The normalized spacial score (nSPS) is 12.0. The number of carbonyl (C=O) groups excluding carboxylic acids is 1. The second kappa shape index (κ2) is 7.33. The van der Waals surface area contributed by atoms with Crippen LogP contribution < -0.4 is 0 Å². The smallest absolute Gasteiger partial charge is 0.256 e. The van der Waals surface area contributed by atoms with E-state index in [2.05, 4.69) is 0 Å². The summed E-state index contributed by atoms with van der Waals surface area (Å²) in [4.78, 5) is 13.6. The van der Waals surface area contributed by atoms with E-state index < -0.39 is 17.8 Å². The predicted octanol–water partition coefficient (Wildman–Crippen LogP) is 3.47. The van der Waals surface area contributed by atoms with Crippen molar-refractivity contribution in [3.8, 4) is 11.1 Å². The summed E-state index contributed by atoms with van der Waals surface area (Å²) in [5.41, 5.74) is 1.22. The van der Waals surface area contributed by atoms with E-state index in [1.165, 1.54) is 29.2 Å². The van der Waals surface area contributed by atoms with Gasteiger partial charge >= 0.3 is 0 Å². The maximum absolute atomic E-state index is 14.3. The van der Waals surface area contributed by atoms with Gasteiger partial charge in [0.05, 0.1) is 11.7 Å². The van der Waals surface area contributed by atoms with Crippen molar-refractivity contribution in [2.24, 2.45) is 0 Å². The second-order valence-corrected chi connectivity index (χ2v) is 5.57. The van der Waals surface area contributed by atoms with Crippen molar-refractivity contribution in [1.82, 2.24) is 4.90 Å². The molecule has 23 heavy (non-hydrogen) atoms. The first-order valence-corrected chi connectivity index (χ1v) is 7.37. The molecule has 0 aliphatic rings. The Morgan fingerprint density at radius 2 is 1.74 bits per heavy atom. The highest BCUT2D eigenvalue weighted by Gasteiger charge is 2.17. The molecular formula is C18H19F2NO2. The van der Waals surface area contributed by atoms with E-state index >= 15 is 0 Å². The lowest BCUT2D eigenvalue weighted by molar-refractivity contribution is 0.0764. The number of amides is 1. The largest absolute Gasteiger partial charge is 0.393 e. The molecule has 0 spiro atoms. The van der Waals surface area contributed by atoms with Gasteiger partial charge in [-0.05, 0) is 48.7 Å². The van der Waals surface area contributed by atoms with Crippen LogP contribution in [0.1, 0.15) is 23.7 Å². The van der Waals surface area contributed by atoms with Crippen molar-refractivity contribution in [1.29, 1.82) is 0 Å². The number of aliphatic hydroxyl groups is 1. The van der Waals surface area contributed by atoms with Gasteiger partial charge in [-0.15, -0.1) is 0 Å². The second-order valence-electron chi connectivity index (χ2n) is 5.57. The molecule has 2 aromatic rings. The third-order valence-electron chi connectivity index (χ3n) is 3.61. The van der Waals surface area contributed by atoms with Gasteiger partial charge in [0.1, 0.15) is 11.6 Å². The lowest BCUT2D eigenvalue weighted by Gasteiger charge is -2.18. The van der Waals surface area contributed by atoms with Crippen LogP contribution in [0.3, 0.4) is 0 Å². The summed E-state index contributed by atoms with van der Waals surface area (Å²) in [5, 5.41) is 9.25. The molecule has 0 saturated carbocycles. The van der Waals surface area contributed by atoms with Crippen LogP contribution in [0.4, 0.5) is 8.78 Å². The van der Waals surface area contributed by atoms with Crippen molar-refractivity contribution in [2.75, 3.05) is 13.6 Å². The monoisotopic (exact) mass is 319 g/mol. The van der Waals surface area contributed by atoms with Crippen LogP contribution in [0.5, 0.6) is 0 Å². The third kappa shape index (κ3) is 4.36. The zero-order chi connectivity index (χ0) is 17.0. The van der Waals surface area contributed by atoms with Crippen molar-refractivity contribution in [3.05, 3.63) is 59.7 Å². The summed E-state index contributed by atoms with van der Waals surface area (Å²) >= 11 is 0. The Morgan fingerprint density at radius 3 is 2.30 bits per heavy atom. The maximum Gasteiger partial charge on any atom is 0.256 e. The molecular weight excluding hydrogens is 300 g/mol. The molecule has 0 heterocycles. The van der Waals surface area contributed by atoms with Crippen molar-refractivity contribution < 1.29 is 18.7 Å². The zero-order valence-corrected chi connectivity index (χ0v) is 13.1. The Morgan fingerprint density at radius 1 is 1.13 bits per heavy atom. The number of hydrogen-bond acceptors (Lipinski definition) is 2. The lowest BCUT2D eigenvalue weighted by atomic mass is 10.0. The van der Waals surface area contributed by atoms with Gasteiger partial charge in [-0.1, -0.05) is 18.2 Å². The van der Waals surface area contributed by atoms with Gasteiger partial charge in [0, 0.05) is 13.6 Å². The molecule has 2 rings (SSSR count). The minimum absolute atomic E-state index is 0.0241. The number of rotatable bonds is 5. The Balaban J connectivity index is 2.18. The summed E-state index contributed by atoms with van der Waals surface area (Å²) in [6.45, 7) is 1.98. The SMILES string of the molecule is CC(O)CCN(C)C(=O)c1ccc(-c2ccc(F)cc2)cc1F. The minimum atomic E-state index is -0.624. The van der Waals surface area contributed by atoms with Crippen LogP contribution in [0.2, 0.25) is 0 Å². The molecule has 3 nitrogen and oxygen atoms in total. The van der Waals surface area contributed by atoms with Crippen LogP contribution in [0.15, 0.2) is 42.5 Å². The zero-order valence-electron chi connectivity index (χ0n) is 13.1. The topological polar surface area (TPSA) is 40.5 Å². The standard InChI is InChI=1S/C18H19F2NO2/c1-12(22)9-10-21(2)18(23)16-8-5-14(11-17(16)20)13-3-6-15(19)7-4-13/h3-8,11-12,22H,9-10H2,1-2H3. The quantitative estimate of drug-likeness (QED) is 0.916. The molecule has 2 aromatic carbocycles. The van der Waals surface area contributed by atoms with Crippen molar-refractivity contribution in [3.63, 3.8) is 0 Å². The first kappa shape index (κ1) is 17.1.